The van der Waals surface area contributed by atoms with E-state index in [9.17, 15) is 4.79 Å². The SMILES string of the molecule is CC(CO)(CO)C(=O)OCCCN=[N+]=[N-]. The molecule has 0 spiro atoms. The number of aliphatic hydroxyl groups is 2. The van der Waals surface area contributed by atoms with Crippen molar-refractivity contribution in [2.75, 3.05) is 26.4 Å². The van der Waals surface area contributed by atoms with Crippen LogP contribution in [0.3, 0.4) is 0 Å². The molecule has 0 aromatic heterocycles. The molecule has 0 aliphatic heterocycles. The average molecular weight is 217 g/mol. The van der Waals surface area contributed by atoms with Crippen molar-refractivity contribution in [2.24, 2.45) is 10.5 Å². The Bertz CT molecular complexity index is 246. The molecular weight excluding hydrogens is 202 g/mol. The van der Waals surface area contributed by atoms with Crippen molar-refractivity contribution in [2.45, 2.75) is 13.3 Å². The van der Waals surface area contributed by atoms with Crippen LogP contribution in [0, 0.1) is 5.41 Å². The number of nitrogens with zero attached hydrogens (tertiary/aromatic N) is 3. The predicted octanol–water partition coefficient (Wildman–Crippen LogP) is 0.221. The van der Waals surface area contributed by atoms with Crippen LogP contribution in [0.1, 0.15) is 13.3 Å². The first-order chi connectivity index (χ1) is 7.10. The number of ether oxygens (including phenoxy) is 1. The second-order valence-corrected chi connectivity index (χ2v) is 3.32. The highest BCUT2D eigenvalue weighted by molar-refractivity contribution is 5.76. The highest BCUT2D eigenvalue weighted by Crippen LogP contribution is 2.16. The summed E-state index contributed by atoms with van der Waals surface area (Å²) < 4.78 is 4.79. The molecular formula is C8H15N3O4. The molecule has 2 N–H and O–H groups in total. The van der Waals surface area contributed by atoms with Crippen molar-refractivity contribution in [3.8, 4) is 0 Å². The van der Waals surface area contributed by atoms with E-state index in [0.29, 0.717) is 6.42 Å². The van der Waals surface area contributed by atoms with E-state index in [-0.39, 0.29) is 13.2 Å². The lowest BCUT2D eigenvalue weighted by Gasteiger charge is -2.21. The Balaban J connectivity index is 3.87. The summed E-state index contributed by atoms with van der Waals surface area (Å²) in [5, 5.41) is 21.0. The van der Waals surface area contributed by atoms with Crippen molar-refractivity contribution in [1.29, 1.82) is 0 Å². The zero-order valence-electron chi connectivity index (χ0n) is 8.59. The number of hydrogen-bond acceptors (Lipinski definition) is 5. The maximum absolute atomic E-state index is 11.3. The molecule has 0 aromatic carbocycles. The molecule has 0 unspecified atom stereocenters. The Labute approximate surface area is 87.3 Å². The summed E-state index contributed by atoms with van der Waals surface area (Å²) in [4.78, 5) is 13.9. The minimum Gasteiger partial charge on any atom is -0.465 e. The lowest BCUT2D eigenvalue weighted by atomic mass is 9.93. The van der Waals surface area contributed by atoms with E-state index in [1.165, 1.54) is 6.92 Å². The zero-order chi connectivity index (χ0) is 11.7. The minimum atomic E-state index is -1.27. The normalized spacial score (nSPS) is 10.6. The van der Waals surface area contributed by atoms with E-state index < -0.39 is 24.6 Å². The number of rotatable bonds is 7. The van der Waals surface area contributed by atoms with Crippen molar-refractivity contribution < 1.29 is 19.7 Å². The first-order valence-corrected chi connectivity index (χ1v) is 4.50. The third-order valence-electron chi connectivity index (χ3n) is 1.89. The lowest BCUT2D eigenvalue weighted by molar-refractivity contribution is -0.160. The summed E-state index contributed by atoms with van der Waals surface area (Å²) in [5.74, 6) is -0.659. The highest BCUT2D eigenvalue weighted by Gasteiger charge is 2.33. The third kappa shape index (κ3) is 4.64. The molecule has 0 aromatic rings. The molecule has 0 saturated carbocycles. The molecule has 0 atom stereocenters. The van der Waals surface area contributed by atoms with Crippen LogP contribution in [0.2, 0.25) is 0 Å². The van der Waals surface area contributed by atoms with Crippen molar-refractivity contribution in [1.82, 2.24) is 0 Å². The van der Waals surface area contributed by atoms with Gasteiger partial charge in [0.2, 0.25) is 0 Å². The van der Waals surface area contributed by atoms with Gasteiger partial charge >= 0.3 is 5.97 Å². The maximum Gasteiger partial charge on any atom is 0.316 e. The Hall–Kier alpha value is -1.30. The Kier molecular flexibility index (Phi) is 6.44. The summed E-state index contributed by atoms with van der Waals surface area (Å²) in [6.07, 6.45) is 0.419. The number of azide groups is 1. The van der Waals surface area contributed by atoms with E-state index in [0.717, 1.165) is 0 Å². The number of carbonyl (C=O) groups is 1. The van der Waals surface area contributed by atoms with Gasteiger partial charge in [-0.05, 0) is 18.9 Å². The molecule has 0 bridgehead atoms. The van der Waals surface area contributed by atoms with Crippen LogP contribution in [0.4, 0.5) is 0 Å². The first-order valence-electron chi connectivity index (χ1n) is 4.50. The van der Waals surface area contributed by atoms with Gasteiger partial charge in [0.25, 0.3) is 0 Å². The van der Waals surface area contributed by atoms with Gasteiger partial charge in [-0.15, -0.1) is 0 Å². The number of aliphatic hydroxyl groups excluding tert-OH is 2. The van der Waals surface area contributed by atoms with E-state index in [2.05, 4.69) is 10.0 Å². The molecule has 7 heteroatoms. The molecule has 0 radical (unpaired) electrons. The third-order valence-corrected chi connectivity index (χ3v) is 1.89. The number of esters is 1. The van der Waals surface area contributed by atoms with Gasteiger partial charge in [-0.2, -0.15) is 0 Å². The summed E-state index contributed by atoms with van der Waals surface area (Å²) in [7, 11) is 0. The topological polar surface area (TPSA) is 116 Å². The molecule has 0 heterocycles. The lowest BCUT2D eigenvalue weighted by Crippen LogP contribution is -2.37. The molecule has 0 aliphatic carbocycles. The largest absolute Gasteiger partial charge is 0.465 e. The molecule has 0 saturated heterocycles. The Morgan fingerprint density at radius 3 is 2.60 bits per heavy atom. The summed E-state index contributed by atoms with van der Waals surface area (Å²) >= 11 is 0. The Morgan fingerprint density at radius 2 is 2.13 bits per heavy atom. The quantitative estimate of drug-likeness (QED) is 0.208. The van der Waals surface area contributed by atoms with Gasteiger partial charge in [0.15, 0.2) is 0 Å². The molecule has 7 nitrogen and oxygen atoms in total. The fourth-order valence-electron chi connectivity index (χ4n) is 0.698. The number of hydrogen-bond donors (Lipinski definition) is 2. The van der Waals surface area contributed by atoms with Crippen LogP contribution in [0.5, 0.6) is 0 Å². The zero-order valence-corrected chi connectivity index (χ0v) is 8.59. The minimum absolute atomic E-state index is 0.105. The molecule has 86 valence electrons. The van der Waals surface area contributed by atoms with Gasteiger partial charge in [-0.25, -0.2) is 0 Å². The van der Waals surface area contributed by atoms with E-state index in [4.69, 9.17) is 20.5 Å². The van der Waals surface area contributed by atoms with E-state index in [1.54, 1.807) is 0 Å². The van der Waals surface area contributed by atoms with Gasteiger partial charge in [0, 0.05) is 11.5 Å². The van der Waals surface area contributed by atoms with Crippen LogP contribution in [0.25, 0.3) is 10.4 Å². The first kappa shape index (κ1) is 13.7. The smallest absolute Gasteiger partial charge is 0.316 e. The van der Waals surface area contributed by atoms with Gasteiger partial charge < -0.3 is 14.9 Å². The fraction of sp³-hybridized carbons (Fsp3) is 0.875. The molecule has 15 heavy (non-hydrogen) atoms. The van der Waals surface area contributed by atoms with Gasteiger partial charge in [0.1, 0.15) is 5.41 Å². The maximum atomic E-state index is 11.3. The standard InChI is InChI=1S/C8H15N3O4/c1-8(5-12,6-13)7(14)15-4-2-3-10-11-9/h12-13H,2-6H2,1H3. The second kappa shape index (κ2) is 7.05. The Morgan fingerprint density at radius 1 is 1.53 bits per heavy atom. The predicted molar refractivity (Wildman–Crippen MR) is 51.9 cm³/mol. The van der Waals surface area contributed by atoms with Crippen LogP contribution < -0.4 is 0 Å². The van der Waals surface area contributed by atoms with Crippen LogP contribution in [-0.4, -0.2) is 42.5 Å². The highest BCUT2D eigenvalue weighted by atomic mass is 16.5. The molecule has 0 fully saturated rings. The summed E-state index contributed by atoms with van der Waals surface area (Å²) in [5.41, 5.74) is 6.70. The van der Waals surface area contributed by atoms with Gasteiger partial charge in [-0.1, -0.05) is 5.11 Å². The van der Waals surface area contributed by atoms with Crippen LogP contribution in [0.15, 0.2) is 5.11 Å². The van der Waals surface area contributed by atoms with E-state index in [1.807, 2.05) is 0 Å². The molecule has 0 aliphatic rings. The van der Waals surface area contributed by atoms with Crippen molar-refractivity contribution in [3.63, 3.8) is 0 Å². The van der Waals surface area contributed by atoms with Crippen LogP contribution >= 0.6 is 0 Å². The number of carbonyl (C=O) groups excluding carboxylic acids is 1. The van der Waals surface area contributed by atoms with Gasteiger partial charge in [-0.3, -0.25) is 4.79 Å². The summed E-state index contributed by atoms with van der Waals surface area (Å²) in [6, 6.07) is 0. The van der Waals surface area contributed by atoms with Crippen LogP contribution in [-0.2, 0) is 9.53 Å². The molecule has 0 amide bonds. The second-order valence-electron chi connectivity index (χ2n) is 3.32. The monoisotopic (exact) mass is 217 g/mol. The van der Waals surface area contributed by atoms with E-state index >= 15 is 0 Å². The fourth-order valence-corrected chi connectivity index (χ4v) is 0.698. The summed E-state index contributed by atoms with van der Waals surface area (Å²) in [6.45, 7) is 0.812. The van der Waals surface area contributed by atoms with Crippen molar-refractivity contribution >= 4 is 5.97 Å². The van der Waals surface area contributed by atoms with Gasteiger partial charge in [0.05, 0.1) is 19.8 Å². The average Bonchev–Trinajstić information content (AvgIpc) is 2.27. The molecule has 0 rings (SSSR count). The van der Waals surface area contributed by atoms with Crippen molar-refractivity contribution in [3.05, 3.63) is 10.4 Å².